The first kappa shape index (κ1) is 19.4. The Hall–Kier alpha value is -0.690. The van der Waals surface area contributed by atoms with Crippen molar-refractivity contribution in [2.45, 2.75) is 12.8 Å². The first-order chi connectivity index (χ1) is 10.1. The van der Waals surface area contributed by atoms with Crippen LogP contribution in [0.5, 0.6) is 0 Å². The maximum atomic E-state index is 13.8. The normalized spacial score (nSPS) is 16.7. The number of hydrogen-bond acceptors (Lipinski definition) is 3. The molecule has 22 heavy (non-hydrogen) atoms. The summed E-state index contributed by atoms with van der Waals surface area (Å²) in [6, 6.07) is 4.51. The molecule has 0 bridgehead atoms. The summed E-state index contributed by atoms with van der Waals surface area (Å²) in [5.41, 5.74) is -0.0214. The Morgan fingerprint density at radius 2 is 2.14 bits per heavy atom. The van der Waals surface area contributed by atoms with Crippen LogP contribution in [-0.4, -0.2) is 39.3 Å². The van der Waals surface area contributed by atoms with Gasteiger partial charge in [-0.25, -0.2) is 4.39 Å². The minimum atomic E-state index is -0.520. The highest BCUT2D eigenvalue weighted by Gasteiger charge is 2.33. The van der Waals surface area contributed by atoms with E-state index >= 15 is 0 Å². The van der Waals surface area contributed by atoms with E-state index in [1.165, 1.54) is 6.07 Å². The van der Waals surface area contributed by atoms with E-state index in [9.17, 15) is 9.18 Å². The first-order valence-corrected chi connectivity index (χ1v) is 7.79. The summed E-state index contributed by atoms with van der Waals surface area (Å²) < 4.78 is 19.6. The number of carbonyl (C=O) groups excluding carboxylic acids is 1. The van der Waals surface area contributed by atoms with E-state index in [-0.39, 0.29) is 23.4 Å². The van der Waals surface area contributed by atoms with Gasteiger partial charge < -0.3 is 15.4 Å². The fraction of sp³-hybridized carbons (Fsp3) is 0.533. The molecule has 7 heteroatoms. The maximum absolute atomic E-state index is 13.8. The molecule has 1 saturated heterocycles. The van der Waals surface area contributed by atoms with Gasteiger partial charge >= 0.3 is 0 Å². The molecule has 0 radical (unpaired) electrons. The maximum Gasteiger partial charge on any atom is 0.255 e. The van der Waals surface area contributed by atoms with Crippen LogP contribution in [-0.2, 0) is 4.74 Å². The molecule has 4 nitrogen and oxygen atoms in total. The van der Waals surface area contributed by atoms with Gasteiger partial charge in [0.1, 0.15) is 5.82 Å². The molecule has 1 amide bonds. The van der Waals surface area contributed by atoms with Crippen molar-refractivity contribution in [3.63, 3.8) is 0 Å². The molecule has 1 aromatic rings. The molecule has 2 N–H and O–H groups in total. The largest absolute Gasteiger partial charge is 0.384 e. The Morgan fingerprint density at radius 3 is 2.73 bits per heavy atom. The number of carbonyl (C=O) groups is 1. The van der Waals surface area contributed by atoms with Crippen LogP contribution in [0.2, 0.25) is 0 Å². The Balaban J connectivity index is 0.00000242. The smallest absolute Gasteiger partial charge is 0.255 e. The van der Waals surface area contributed by atoms with E-state index in [2.05, 4.69) is 26.6 Å². The van der Waals surface area contributed by atoms with E-state index in [0.717, 1.165) is 25.9 Å². The van der Waals surface area contributed by atoms with Crippen molar-refractivity contribution in [3.05, 3.63) is 34.1 Å². The zero-order valence-electron chi connectivity index (χ0n) is 12.5. The molecule has 0 saturated carbocycles. The second-order valence-electron chi connectivity index (χ2n) is 5.46. The average molecular weight is 396 g/mol. The number of amides is 1. The van der Waals surface area contributed by atoms with Crippen LogP contribution in [0.4, 0.5) is 4.39 Å². The van der Waals surface area contributed by atoms with Gasteiger partial charge in [0.2, 0.25) is 0 Å². The van der Waals surface area contributed by atoms with Crippen molar-refractivity contribution in [2.75, 3.05) is 33.4 Å². The van der Waals surface area contributed by atoms with Crippen LogP contribution in [0, 0.1) is 11.2 Å². The molecule has 1 aliphatic rings. The zero-order chi connectivity index (χ0) is 15.3. The summed E-state index contributed by atoms with van der Waals surface area (Å²) in [4.78, 5) is 12.2. The van der Waals surface area contributed by atoms with Crippen LogP contribution in [0.1, 0.15) is 23.2 Å². The number of halogens is 3. The molecule has 1 heterocycles. The van der Waals surface area contributed by atoms with E-state index in [1.54, 1.807) is 19.2 Å². The third-order valence-electron chi connectivity index (χ3n) is 3.93. The number of methoxy groups -OCH3 is 1. The topological polar surface area (TPSA) is 50.4 Å². The number of rotatable bonds is 5. The van der Waals surface area contributed by atoms with Crippen LogP contribution < -0.4 is 10.6 Å². The molecule has 0 aromatic heterocycles. The molecule has 0 aliphatic carbocycles. The average Bonchev–Trinajstić information content (AvgIpc) is 2.46. The molecule has 1 aromatic carbocycles. The van der Waals surface area contributed by atoms with Gasteiger partial charge in [-0.1, -0.05) is 6.07 Å². The standard InChI is InChI=1S/C15H20BrFN2O2.ClH/c1-21-10-15(5-7-18-8-6-15)9-19-14(20)13-11(16)3-2-4-12(13)17;/h2-4,18H,5-10H2,1H3,(H,19,20);1H. The summed E-state index contributed by atoms with van der Waals surface area (Å²) >= 11 is 3.22. The highest BCUT2D eigenvalue weighted by atomic mass is 79.9. The molecular weight excluding hydrogens is 375 g/mol. The van der Waals surface area contributed by atoms with Crippen molar-refractivity contribution in [1.82, 2.24) is 10.6 Å². The Labute approximate surface area is 144 Å². The molecule has 0 spiro atoms. The number of benzene rings is 1. The van der Waals surface area contributed by atoms with Gasteiger partial charge in [0.05, 0.1) is 12.2 Å². The van der Waals surface area contributed by atoms with Gasteiger partial charge in [-0.15, -0.1) is 12.4 Å². The number of nitrogens with one attached hydrogen (secondary N) is 2. The number of piperidine rings is 1. The van der Waals surface area contributed by atoms with E-state index < -0.39 is 11.7 Å². The lowest BCUT2D eigenvalue weighted by atomic mass is 9.79. The van der Waals surface area contributed by atoms with Crippen molar-refractivity contribution < 1.29 is 13.9 Å². The second kappa shape index (κ2) is 8.82. The predicted octanol–water partition coefficient (Wildman–Crippen LogP) is 2.76. The van der Waals surface area contributed by atoms with Gasteiger partial charge in [-0.05, 0) is 54.0 Å². The van der Waals surface area contributed by atoms with Crippen molar-refractivity contribution in [1.29, 1.82) is 0 Å². The van der Waals surface area contributed by atoms with E-state index in [1.807, 2.05) is 0 Å². The Morgan fingerprint density at radius 1 is 1.45 bits per heavy atom. The monoisotopic (exact) mass is 394 g/mol. The summed E-state index contributed by atoms with van der Waals surface area (Å²) in [5, 5.41) is 6.16. The molecule has 0 unspecified atom stereocenters. The third kappa shape index (κ3) is 4.65. The molecule has 0 atom stereocenters. The number of hydrogen-bond donors (Lipinski definition) is 2. The first-order valence-electron chi connectivity index (χ1n) is 7.00. The van der Waals surface area contributed by atoms with Crippen LogP contribution in [0.15, 0.2) is 22.7 Å². The van der Waals surface area contributed by atoms with Crippen molar-refractivity contribution in [2.24, 2.45) is 5.41 Å². The number of ether oxygens (including phenoxy) is 1. The van der Waals surface area contributed by atoms with Gasteiger partial charge in [-0.3, -0.25) is 4.79 Å². The fourth-order valence-corrected chi connectivity index (χ4v) is 3.23. The Kier molecular flexibility index (Phi) is 7.76. The molecule has 1 aliphatic heterocycles. The summed E-state index contributed by atoms with van der Waals surface area (Å²) in [6.07, 6.45) is 1.86. The van der Waals surface area contributed by atoms with Gasteiger partial charge in [0.15, 0.2) is 0 Å². The van der Waals surface area contributed by atoms with Gasteiger partial charge in [0, 0.05) is 23.5 Å². The van der Waals surface area contributed by atoms with E-state index in [4.69, 9.17) is 4.74 Å². The lowest BCUT2D eigenvalue weighted by Crippen LogP contribution is -2.47. The Bertz CT molecular complexity index is 485. The highest BCUT2D eigenvalue weighted by Crippen LogP contribution is 2.28. The zero-order valence-corrected chi connectivity index (χ0v) is 14.9. The predicted molar refractivity (Wildman–Crippen MR) is 90.1 cm³/mol. The highest BCUT2D eigenvalue weighted by molar-refractivity contribution is 9.10. The minimum absolute atomic E-state index is 0. The van der Waals surface area contributed by atoms with Crippen LogP contribution in [0.3, 0.4) is 0 Å². The van der Waals surface area contributed by atoms with Crippen molar-refractivity contribution >= 4 is 34.2 Å². The summed E-state index contributed by atoms with van der Waals surface area (Å²) in [7, 11) is 1.67. The molecule has 2 rings (SSSR count). The van der Waals surface area contributed by atoms with Gasteiger partial charge in [0.25, 0.3) is 5.91 Å². The molecule has 1 fully saturated rings. The molecule has 124 valence electrons. The lowest BCUT2D eigenvalue weighted by Gasteiger charge is -2.37. The minimum Gasteiger partial charge on any atom is -0.384 e. The fourth-order valence-electron chi connectivity index (χ4n) is 2.71. The third-order valence-corrected chi connectivity index (χ3v) is 4.59. The van der Waals surface area contributed by atoms with E-state index in [0.29, 0.717) is 17.6 Å². The lowest BCUT2D eigenvalue weighted by molar-refractivity contribution is 0.0511. The van der Waals surface area contributed by atoms with Gasteiger partial charge in [-0.2, -0.15) is 0 Å². The molecular formula is C15H21BrClFN2O2. The van der Waals surface area contributed by atoms with Crippen LogP contribution in [0.25, 0.3) is 0 Å². The quantitative estimate of drug-likeness (QED) is 0.806. The summed E-state index contributed by atoms with van der Waals surface area (Å²) in [5.74, 6) is -0.915. The van der Waals surface area contributed by atoms with Crippen LogP contribution >= 0.6 is 28.3 Å². The summed E-state index contributed by atoms with van der Waals surface area (Å²) in [6.45, 7) is 2.89. The van der Waals surface area contributed by atoms with Crippen molar-refractivity contribution in [3.8, 4) is 0 Å². The SMILES string of the molecule is COCC1(CNC(=O)c2c(F)cccc2Br)CCNCC1.Cl. The second-order valence-corrected chi connectivity index (χ2v) is 6.32.